The summed E-state index contributed by atoms with van der Waals surface area (Å²) in [5.41, 5.74) is 2.94. The molecule has 0 saturated carbocycles. The molecule has 92 valence electrons. The highest BCUT2D eigenvalue weighted by Crippen LogP contribution is 2.17. The van der Waals surface area contributed by atoms with E-state index < -0.39 is 0 Å². The topological polar surface area (TPSA) is 48.7 Å². The smallest absolute Gasteiger partial charge is 0.110 e. The molecule has 2 aromatic rings. The van der Waals surface area contributed by atoms with Crippen molar-refractivity contribution in [1.82, 2.24) is 10.3 Å². The van der Waals surface area contributed by atoms with Crippen LogP contribution in [0.2, 0.25) is 0 Å². The van der Waals surface area contributed by atoms with Crippen LogP contribution < -0.4 is 5.32 Å². The molecule has 1 atom stereocenters. The predicted octanol–water partition coefficient (Wildman–Crippen LogP) is 3.17. The van der Waals surface area contributed by atoms with Gasteiger partial charge in [0.25, 0.3) is 0 Å². The van der Waals surface area contributed by atoms with Gasteiger partial charge in [-0.05, 0) is 31.5 Å². The molecule has 1 heterocycles. The molecule has 0 saturated heterocycles. The number of aromatic nitrogens is 1. The summed E-state index contributed by atoms with van der Waals surface area (Å²) < 4.78 is 0. The van der Waals surface area contributed by atoms with E-state index in [1.54, 1.807) is 11.3 Å². The maximum Gasteiger partial charge on any atom is 0.110 e. The molecule has 0 radical (unpaired) electrons. The number of nitrogens with one attached hydrogen (secondary N) is 1. The lowest BCUT2D eigenvalue weighted by Gasteiger charge is -2.11. The van der Waals surface area contributed by atoms with Crippen molar-refractivity contribution in [2.45, 2.75) is 26.4 Å². The van der Waals surface area contributed by atoms with Crippen LogP contribution in [-0.4, -0.2) is 4.98 Å². The first kappa shape index (κ1) is 12.7. The Morgan fingerprint density at radius 2 is 2.11 bits per heavy atom. The Bertz CT molecular complexity index is 551. The lowest BCUT2D eigenvalue weighted by atomic mass is 10.1. The zero-order valence-electron chi connectivity index (χ0n) is 10.5. The van der Waals surface area contributed by atoms with Gasteiger partial charge in [0.2, 0.25) is 0 Å². The van der Waals surface area contributed by atoms with Gasteiger partial charge in [0.05, 0.1) is 17.7 Å². The number of hydrogen-bond acceptors (Lipinski definition) is 4. The molecule has 0 spiro atoms. The number of rotatable bonds is 4. The number of nitriles is 1. The lowest BCUT2D eigenvalue weighted by molar-refractivity contribution is 0.571. The Kier molecular flexibility index (Phi) is 4.08. The van der Waals surface area contributed by atoms with Gasteiger partial charge in [-0.3, -0.25) is 0 Å². The van der Waals surface area contributed by atoms with Gasteiger partial charge in [-0.1, -0.05) is 12.1 Å². The molecular formula is C14H15N3S. The van der Waals surface area contributed by atoms with Crippen molar-refractivity contribution >= 4 is 11.3 Å². The average molecular weight is 257 g/mol. The first-order valence-electron chi connectivity index (χ1n) is 5.83. The Balaban J connectivity index is 1.93. The molecule has 0 bridgehead atoms. The highest BCUT2D eigenvalue weighted by Gasteiger charge is 2.08. The summed E-state index contributed by atoms with van der Waals surface area (Å²) in [7, 11) is 0. The number of hydrogen-bond donors (Lipinski definition) is 1. The molecule has 1 unspecified atom stereocenters. The third kappa shape index (κ3) is 3.16. The second-order valence-corrected chi connectivity index (χ2v) is 5.13. The third-order valence-corrected chi connectivity index (χ3v) is 3.85. The van der Waals surface area contributed by atoms with Gasteiger partial charge in [0.15, 0.2) is 0 Å². The molecule has 0 aliphatic carbocycles. The summed E-state index contributed by atoms with van der Waals surface area (Å²) in [5, 5.41) is 15.3. The van der Waals surface area contributed by atoms with E-state index in [0.717, 1.165) is 17.2 Å². The summed E-state index contributed by atoms with van der Waals surface area (Å²) in [6, 6.07) is 10.0. The van der Waals surface area contributed by atoms with E-state index in [9.17, 15) is 0 Å². The minimum atomic E-state index is 0.249. The van der Waals surface area contributed by atoms with Gasteiger partial charge in [-0.2, -0.15) is 5.26 Å². The van der Waals surface area contributed by atoms with Gasteiger partial charge in [-0.25, -0.2) is 4.98 Å². The summed E-state index contributed by atoms with van der Waals surface area (Å²) in [4.78, 5) is 4.46. The van der Waals surface area contributed by atoms with Gasteiger partial charge < -0.3 is 5.32 Å². The molecule has 1 aromatic heterocycles. The molecule has 0 aliphatic heterocycles. The molecule has 2 rings (SSSR count). The first-order chi connectivity index (χ1) is 8.69. The minimum absolute atomic E-state index is 0.249. The van der Waals surface area contributed by atoms with E-state index >= 15 is 0 Å². The fraction of sp³-hybridized carbons (Fsp3) is 0.286. The van der Waals surface area contributed by atoms with Crippen LogP contribution in [-0.2, 0) is 6.54 Å². The fourth-order valence-electron chi connectivity index (χ4n) is 1.63. The molecule has 1 N–H and O–H groups in total. The summed E-state index contributed by atoms with van der Waals surface area (Å²) in [6.07, 6.45) is 0. The molecule has 1 aromatic carbocycles. The Morgan fingerprint density at radius 1 is 1.39 bits per heavy atom. The van der Waals surface area contributed by atoms with Crippen molar-refractivity contribution < 1.29 is 0 Å². The first-order valence-corrected chi connectivity index (χ1v) is 6.71. The number of aryl methyl sites for hydroxylation is 1. The van der Waals surface area contributed by atoms with Crippen LogP contribution in [0.3, 0.4) is 0 Å². The maximum atomic E-state index is 8.73. The quantitative estimate of drug-likeness (QED) is 0.915. The van der Waals surface area contributed by atoms with Crippen molar-refractivity contribution in [2.75, 3.05) is 0 Å². The van der Waals surface area contributed by atoms with Crippen LogP contribution in [0.5, 0.6) is 0 Å². The largest absolute Gasteiger partial charge is 0.304 e. The van der Waals surface area contributed by atoms with E-state index in [1.807, 2.05) is 31.2 Å². The number of benzene rings is 1. The van der Waals surface area contributed by atoms with Gasteiger partial charge in [-0.15, -0.1) is 11.3 Å². The molecule has 0 fully saturated rings. The number of thiazole rings is 1. The second-order valence-electron chi connectivity index (χ2n) is 4.24. The normalized spacial score (nSPS) is 12.1. The second kappa shape index (κ2) is 5.76. The van der Waals surface area contributed by atoms with Crippen molar-refractivity contribution in [1.29, 1.82) is 5.26 Å². The van der Waals surface area contributed by atoms with E-state index in [1.165, 1.54) is 5.56 Å². The van der Waals surface area contributed by atoms with E-state index in [0.29, 0.717) is 5.56 Å². The zero-order chi connectivity index (χ0) is 13.0. The molecule has 18 heavy (non-hydrogen) atoms. The Labute approximate surface area is 111 Å². The van der Waals surface area contributed by atoms with Crippen LogP contribution in [0.4, 0.5) is 0 Å². The Morgan fingerprint density at radius 3 is 2.67 bits per heavy atom. The van der Waals surface area contributed by atoms with Crippen LogP contribution in [0.25, 0.3) is 0 Å². The standard InChI is InChI=1S/C14H15N3S/c1-10-9-18-14(17-10)11(2)16-8-13-5-3-12(7-15)4-6-13/h3-6,9,11,16H,8H2,1-2H3. The summed E-state index contributed by atoms with van der Waals surface area (Å²) >= 11 is 1.68. The van der Waals surface area contributed by atoms with Crippen molar-refractivity contribution in [3.8, 4) is 6.07 Å². The van der Waals surface area contributed by atoms with E-state index in [4.69, 9.17) is 5.26 Å². The third-order valence-electron chi connectivity index (χ3n) is 2.70. The molecule has 4 heteroatoms. The molecule has 0 amide bonds. The molecular weight excluding hydrogens is 242 g/mol. The lowest BCUT2D eigenvalue weighted by Crippen LogP contribution is -2.17. The highest BCUT2D eigenvalue weighted by molar-refractivity contribution is 7.09. The van der Waals surface area contributed by atoms with Crippen molar-refractivity contribution in [3.63, 3.8) is 0 Å². The predicted molar refractivity (Wildman–Crippen MR) is 73.3 cm³/mol. The van der Waals surface area contributed by atoms with Gasteiger partial charge >= 0.3 is 0 Å². The van der Waals surface area contributed by atoms with Gasteiger partial charge in [0.1, 0.15) is 5.01 Å². The molecule has 0 aliphatic rings. The van der Waals surface area contributed by atoms with E-state index in [2.05, 4.69) is 28.7 Å². The Hall–Kier alpha value is -1.70. The van der Waals surface area contributed by atoms with Gasteiger partial charge in [0, 0.05) is 17.6 Å². The van der Waals surface area contributed by atoms with Crippen molar-refractivity contribution in [2.24, 2.45) is 0 Å². The van der Waals surface area contributed by atoms with Crippen LogP contribution in [0, 0.1) is 18.3 Å². The number of nitrogens with zero attached hydrogens (tertiary/aromatic N) is 2. The van der Waals surface area contributed by atoms with Crippen LogP contribution in [0.1, 0.15) is 34.8 Å². The van der Waals surface area contributed by atoms with Crippen LogP contribution >= 0.6 is 11.3 Å². The summed E-state index contributed by atoms with van der Waals surface area (Å²) in [6.45, 7) is 4.90. The van der Waals surface area contributed by atoms with Crippen molar-refractivity contribution in [3.05, 3.63) is 51.5 Å². The zero-order valence-corrected chi connectivity index (χ0v) is 11.3. The van der Waals surface area contributed by atoms with E-state index in [-0.39, 0.29) is 6.04 Å². The molecule has 3 nitrogen and oxygen atoms in total. The highest BCUT2D eigenvalue weighted by atomic mass is 32.1. The van der Waals surface area contributed by atoms with Crippen LogP contribution in [0.15, 0.2) is 29.6 Å². The summed E-state index contributed by atoms with van der Waals surface area (Å²) in [5.74, 6) is 0. The fourth-order valence-corrected chi connectivity index (χ4v) is 2.45. The SMILES string of the molecule is Cc1csc(C(C)NCc2ccc(C#N)cc2)n1. The monoisotopic (exact) mass is 257 g/mol. The average Bonchev–Trinajstić information content (AvgIpc) is 2.83. The minimum Gasteiger partial charge on any atom is -0.304 e. The maximum absolute atomic E-state index is 8.73.